The lowest BCUT2D eigenvalue weighted by Gasteiger charge is -2.08. The molecular weight excluding hydrogens is 338 g/mol. The highest BCUT2D eigenvalue weighted by Crippen LogP contribution is 2.38. The third-order valence-electron chi connectivity index (χ3n) is 3.39. The Morgan fingerprint density at radius 3 is 2.80 bits per heavy atom. The average Bonchev–Trinajstić information content (AvgIpc) is 3.06. The maximum atomic E-state index is 10.0. The number of oxazole rings is 1. The summed E-state index contributed by atoms with van der Waals surface area (Å²) >= 11 is 0.804. The van der Waals surface area contributed by atoms with Crippen molar-refractivity contribution in [2.24, 2.45) is 0 Å². The van der Waals surface area contributed by atoms with Gasteiger partial charge in [-0.3, -0.25) is 0 Å². The molecule has 25 heavy (non-hydrogen) atoms. The number of methoxy groups -OCH3 is 1. The second-order valence-electron chi connectivity index (χ2n) is 4.92. The SMILES string of the molecule is COc1cc(/C=C(/C#N)c2nc3ccccc3o2)cc(SC#N)c1O. The number of aromatic nitrogens is 1. The monoisotopic (exact) mass is 349 g/mol. The number of hydrogen-bond acceptors (Lipinski definition) is 7. The Morgan fingerprint density at radius 1 is 1.32 bits per heavy atom. The topological polar surface area (TPSA) is 103 Å². The van der Waals surface area contributed by atoms with Gasteiger partial charge in [-0.1, -0.05) is 12.1 Å². The van der Waals surface area contributed by atoms with Crippen molar-refractivity contribution in [3.8, 4) is 23.0 Å². The van der Waals surface area contributed by atoms with Crippen LogP contribution in [0.2, 0.25) is 0 Å². The van der Waals surface area contributed by atoms with Crippen molar-refractivity contribution < 1.29 is 14.3 Å². The number of hydrogen-bond donors (Lipinski definition) is 1. The van der Waals surface area contributed by atoms with Crippen molar-refractivity contribution in [2.45, 2.75) is 4.90 Å². The van der Waals surface area contributed by atoms with Crippen molar-refractivity contribution >= 4 is 34.5 Å². The van der Waals surface area contributed by atoms with Crippen LogP contribution in [0.4, 0.5) is 0 Å². The molecule has 0 unspecified atom stereocenters. The maximum Gasteiger partial charge on any atom is 0.238 e. The predicted octanol–water partition coefficient (Wildman–Crippen LogP) is 4.18. The highest BCUT2D eigenvalue weighted by molar-refractivity contribution is 8.03. The van der Waals surface area contributed by atoms with Gasteiger partial charge in [0, 0.05) is 0 Å². The first-order valence-corrected chi connectivity index (χ1v) is 7.92. The Bertz CT molecular complexity index is 1020. The molecule has 1 aromatic heterocycles. The van der Waals surface area contributed by atoms with Gasteiger partial charge in [0.15, 0.2) is 17.1 Å². The van der Waals surface area contributed by atoms with Crippen molar-refractivity contribution in [3.63, 3.8) is 0 Å². The van der Waals surface area contributed by atoms with E-state index < -0.39 is 0 Å². The Morgan fingerprint density at radius 2 is 2.12 bits per heavy atom. The lowest BCUT2D eigenvalue weighted by atomic mass is 10.1. The Hall–Kier alpha value is -3.42. The molecule has 0 aliphatic heterocycles. The Balaban J connectivity index is 2.09. The van der Waals surface area contributed by atoms with Crippen LogP contribution in [0.5, 0.6) is 11.5 Å². The lowest BCUT2D eigenvalue weighted by Crippen LogP contribution is -1.88. The number of thioether (sulfide) groups is 1. The summed E-state index contributed by atoms with van der Waals surface area (Å²) in [6.07, 6.45) is 1.56. The minimum Gasteiger partial charge on any atom is -0.503 e. The number of allylic oxidation sites excluding steroid dienone is 1. The number of ether oxygens (including phenoxy) is 1. The van der Waals surface area contributed by atoms with Gasteiger partial charge >= 0.3 is 0 Å². The van der Waals surface area contributed by atoms with Crippen molar-refractivity contribution in [1.29, 1.82) is 10.5 Å². The van der Waals surface area contributed by atoms with Crippen LogP contribution in [0.15, 0.2) is 45.7 Å². The lowest BCUT2D eigenvalue weighted by molar-refractivity contribution is 0.367. The zero-order chi connectivity index (χ0) is 17.8. The zero-order valence-corrected chi connectivity index (χ0v) is 13.9. The van der Waals surface area contributed by atoms with Gasteiger partial charge < -0.3 is 14.3 Å². The molecule has 0 fully saturated rings. The van der Waals surface area contributed by atoms with Crippen LogP contribution in [-0.2, 0) is 0 Å². The maximum absolute atomic E-state index is 10.0. The van der Waals surface area contributed by atoms with E-state index in [0.717, 1.165) is 11.8 Å². The molecule has 7 heteroatoms. The second kappa shape index (κ2) is 7.00. The van der Waals surface area contributed by atoms with Gasteiger partial charge in [0.25, 0.3) is 0 Å². The van der Waals surface area contributed by atoms with Gasteiger partial charge in [-0.15, -0.1) is 0 Å². The van der Waals surface area contributed by atoms with Gasteiger partial charge in [0.1, 0.15) is 22.6 Å². The van der Waals surface area contributed by atoms with Gasteiger partial charge in [0.05, 0.1) is 12.0 Å². The molecule has 0 bridgehead atoms. The number of nitrogens with zero attached hydrogens (tertiary/aromatic N) is 3. The number of benzene rings is 2. The second-order valence-corrected chi connectivity index (χ2v) is 5.75. The number of phenols is 1. The molecule has 0 aliphatic carbocycles. The molecule has 0 radical (unpaired) electrons. The third kappa shape index (κ3) is 3.27. The molecule has 0 amide bonds. The normalized spacial score (nSPS) is 11.1. The number of fused-ring (bicyclic) bond motifs is 1. The van der Waals surface area contributed by atoms with E-state index in [9.17, 15) is 10.4 Å². The van der Waals surface area contributed by atoms with Crippen LogP contribution in [0.25, 0.3) is 22.7 Å². The fourth-order valence-electron chi connectivity index (χ4n) is 2.26. The van der Waals surface area contributed by atoms with E-state index in [1.54, 1.807) is 30.3 Å². The van der Waals surface area contributed by atoms with Crippen LogP contribution in [0.1, 0.15) is 11.5 Å². The van der Waals surface area contributed by atoms with Crippen LogP contribution in [0, 0.1) is 22.0 Å². The molecule has 0 saturated carbocycles. The summed E-state index contributed by atoms with van der Waals surface area (Å²) in [5, 5.41) is 30.3. The first-order chi connectivity index (χ1) is 12.2. The highest BCUT2D eigenvalue weighted by Gasteiger charge is 2.14. The molecule has 122 valence electrons. The molecule has 1 N–H and O–H groups in total. The van der Waals surface area contributed by atoms with Gasteiger partial charge in [-0.05, 0) is 47.7 Å². The van der Waals surface area contributed by atoms with E-state index in [4.69, 9.17) is 14.4 Å². The smallest absolute Gasteiger partial charge is 0.238 e. The van der Waals surface area contributed by atoms with E-state index >= 15 is 0 Å². The molecule has 6 nitrogen and oxygen atoms in total. The number of rotatable bonds is 4. The van der Waals surface area contributed by atoms with E-state index in [1.165, 1.54) is 7.11 Å². The summed E-state index contributed by atoms with van der Waals surface area (Å²) in [7, 11) is 1.41. The van der Waals surface area contributed by atoms with Crippen LogP contribution >= 0.6 is 11.8 Å². The fraction of sp³-hybridized carbons (Fsp3) is 0.0556. The molecule has 1 heterocycles. The number of phenolic OH excluding ortho intramolecular Hbond substituents is 1. The number of thiocyanates is 1. The third-order valence-corrected chi connectivity index (χ3v) is 4.02. The summed E-state index contributed by atoms with van der Waals surface area (Å²) in [5.41, 5.74) is 2.04. The minimum atomic E-state index is -0.119. The number of aromatic hydroxyl groups is 1. The van der Waals surface area contributed by atoms with Crippen LogP contribution in [-0.4, -0.2) is 17.2 Å². The van der Waals surface area contributed by atoms with Crippen molar-refractivity contribution in [1.82, 2.24) is 4.98 Å². The molecule has 0 atom stereocenters. The van der Waals surface area contributed by atoms with Gasteiger partial charge in [0.2, 0.25) is 5.89 Å². The summed E-state index contributed by atoms with van der Waals surface area (Å²) in [4.78, 5) is 4.64. The Kier molecular flexibility index (Phi) is 4.60. The first-order valence-electron chi connectivity index (χ1n) is 7.11. The zero-order valence-electron chi connectivity index (χ0n) is 13.1. The van der Waals surface area contributed by atoms with Crippen molar-refractivity contribution in [2.75, 3.05) is 7.11 Å². The molecule has 0 spiro atoms. The Labute approximate surface area is 147 Å². The molecule has 2 aromatic carbocycles. The van der Waals surface area contributed by atoms with Crippen LogP contribution in [0.3, 0.4) is 0 Å². The molecule has 3 rings (SSSR count). The largest absolute Gasteiger partial charge is 0.503 e. The summed E-state index contributed by atoms with van der Waals surface area (Å²) in [6, 6.07) is 12.4. The average molecular weight is 349 g/mol. The fourth-order valence-corrected chi connectivity index (χ4v) is 2.76. The molecule has 0 aliphatic rings. The van der Waals surface area contributed by atoms with Crippen molar-refractivity contribution in [3.05, 3.63) is 47.9 Å². The highest BCUT2D eigenvalue weighted by atomic mass is 32.2. The van der Waals surface area contributed by atoms with Crippen LogP contribution < -0.4 is 4.74 Å². The summed E-state index contributed by atoms with van der Waals surface area (Å²) < 4.78 is 10.7. The molecule has 3 aromatic rings. The minimum absolute atomic E-state index is 0.119. The summed E-state index contributed by atoms with van der Waals surface area (Å²) in [6.45, 7) is 0. The van der Waals surface area contributed by atoms with E-state index in [1.807, 2.05) is 17.5 Å². The first kappa shape index (κ1) is 16.4. The molecular formula is C18H11N3O3S. The summed E-state index contributed by atoms with van der Waals surface area (Å²) in [5.74, 6) is 0.290. The van der Waals surface area contributed by atoms with Gasteiger partial charge in [-0.25, -0.2) is 4.98 Å². The number of nitriles is 2. The standard InChI is InChI=1S/C18H11N3O3S/c1-23-15-7-11(8-16(17(15)22)25-10-20)6-12(9-19)18-21-13-4-2-3-5-14(13)24-18/h2-8,22H,1H3/b12-6-. The van der Waals surface area contributed by atoms with E-state index in [2.05, 4.69) is 11.1 Å². The quantitative estimate of drug-likeness (QED) is 0.428. The van der Waals surface area contributed by atoms with Gasteiger partial charge in [-0.2, -0.15) is 10.5 Å². The number of para-hydroxylation sites is 2. The van der Waals surface area contributed by atoms with E-state index in [-0.39, 0.29) is 23.0 Å². The predicted molar refractivity (Wildman–Crippen MR) is 93.6 cm³/mol. The van der Waals surface area contributed by atoms with E-state index in [0.29, 0.717) is 21.6 Å². The molecule has 0 saturated heterocycles.